The van der Waals surface area contributed by atoms with E-state index < -0.39 is 0 Å². The van der Waals surface area contributed by atoms with Crippen molar-refractivity contribution in [2.75, 3.05) is 7.11 Å². The van der Waals surface area contributed by atoms with Crippen molar-refractivity contribution >= 4 is 12.2 Å². The second kappa shape index (κ2) is 4.79. The van der Waals surface area contributed by atoms with Gasteiger partial charge in [0.15, 0.2) is 10.6 Å². The van der Waals surface area contributed by atoms with Gasteiger partial charge in [-0.3, -0.25) is 14.6 Å². The summed E-state index contributed by atoms with van der Waals surface area (Å²) in [5.74, 6) is 0.795. The number of aromatic amines is 1. The van der Waals surface area contributed by atoms with Gasteiger partial charge in [0.1, 0.15) is 5.69 Å². The molecule has 2 unspecified atom stereocenters. The van der Waals surface area contributed by atoms with Gasteiger partial charge in [-0.05, 0) is 30.8 Å². The first-order chi connectivity index (χ1) is 9.55. The molecule has 0 amide bonds. The molecule has 1 fully saturated rings. The van der Waals surface area contributed by atoms with Crippen LogP contribution >= 0.6 is 12.2 Å². The zero-order valence-corrected chi connectivity index (χ0v) is 12.6. The monoisotopic (exact) mass is 290 g/mol. The average Bonchev–Trinajstić information content (AvgIpc) is 2.81. The van der Waals surface area contributed by atoms with Gasteiger partial charge in [0.05, 0.1) is 6.10 Å². The van der Waals surface area contributed by atoms with Crippen LogP contribution in [0.25, 0.3) is 11.5 Å². The Kier molecular flexibility index (Phi) is 3.22. The number of methoxy groups -OCH3 is 1. The number of H-pyrrole nitrogens is 1. The van der Waals surface area contributed by atoms with E-state index in [1.165, 1.54) is 0 Å². The fourth-order valence-corrected chi connectivity index (χ4v) is 3.23. The van der Waals surface area contributed by atoms with Crippen LogP contribution in [0.5, 0.6) is 0 Å². The highest BCUT2D eigenvalue weighted by Gasteiger charge is 2.50. The highest BCUT2D eigenvalue weighted by molar-refractivity contribution is 7.71. The van der Waals surface area contributed by atoms with Gasteiger partial charge in [-0.1, -0.05) is 19.9 Å². The van der Waals surface area contributed by atoms with Crippen molar-refractivity contribution in [2.45, 2.75) is 32.4 Å². The maximum Gasteiger partial charge on any atom is 0.195 e. The average molecular weight is 290 g/mol. The predicted octanol–water partition coefficient (Wildman–Crippen LogP) is 2.99. The van der Waals surface area contributed by atoms with Gasteiger partial charge < -0.3 is 4.74 Å². The summed E-state index contributed by atoms with van der Waals surface area (Å²) in [5, 5.41) is 7.24. The van der Waals surface area contributed by atoms with E-state index in [2.05, 4.69) is 33.6 Å². The summed E-state index contributed by atoms with van der Waals surface area (Å²) in [6.45, 7) is 4.40. The molecule has 0 bridgehead atoms. The van der Waals surface area contributed by atoms with Crippen molar-refractivity contribution in [1.29, 1.82) is 0 Å². The third-order valence-corrected chi connectivity index (χ3v) is 4.61. The van der Waals surface area contributed by atoms with Crippen molar-refractivity contribution < 1.29 is 4.74 Å². The summed E-state index contributed by atoms with van der Waals surface area (Å²) in [4.78, 5) is 4.37. The first-order valence-electron chi connectivity index (χ1n) is 6.67. The van der Waals surface area contributed by atoms with Crippen LogP contribution in [0.2, 0.25) is 0 Å². The third-order valence-electron chi connectivity index (χ3n) is 4.32. The van der Waals surface area contributed by atoms with Crippen LogP contribution in [0.1, 0.15) is 26.3 Å². The van der Waals surface area contributed by atoms with Crippen molar-refractivity contribution in [3.05, 3.63) is 29.2 Å². The Labute approximate surface area is 123 Å². The number of hydrogen-bond acceptors (Lipinski definition) is 4. The molecule has 1 aliphatic carbocycles. The first kappa shape index (κ1) is 13.5. The lowest BCUT2D eigenvalue weighted by atomic mass is 9.64. The lowest BCUT2D eigenvalue weighted by Gasteiger charge is -2.51. The lowest BCUT2D eigenvalue weighted by Crippen LogP contribution is -2.51. The normalized spacial score (nSPS) is 24.4. The van der Waals surface area contributed by atoms with Crippen molar-refractivity contribution in [3.8, 4) is 11.5 Å². The van der Waals surface area contributed by atoms with Crippen molar-refractivity contribution in [2.24, 2.45) is 5.41 Å². The fourth-order valence-electron chi connectivity index (χ4n) is 2.97. The molecule has 5 nitrogen and oxygen atoms in total. The van der Waals surface area contributed by atoms with Crippen LogP contribution in [0, 0.1) is 10.2 Å². The second-order valence-corrected chi connectivity index (χ2v) is 6.12. The predicted molar refractivity (Wildman–Crippen MR) is 78.9 cm³/mol. The summed E-state index contributed by atoms with van der Waals surface area (Å²) in [6.07, 6.45) is 2.96. The molecule has 0 spiro atoms. The minimum Gasteiger partial charge on any atom is -0.381 e. The Balaban J connectivity index is 2.04. The van der Waals surface area contributed by atoms with Crippen LogP contribution in [0.4, 0.5) is 0 Å². The molecular weight excluding hydrogens is 272 g/mol. The van der Waals surface area contributed by atoms with Gasteiger partial charge in [-0.15, -0.1) is 0 Å². The largest absolute Gasteiger partial charge is 0.381 e. The number of rotatable bonds is 3. The minimum atomic E-state index is 0.0282. The quantitative estimate of drug-likeness (QED) is 0.883. The Morgan fingerprint density at radius 3 is 2.85 bits per heavy atom. The molecule has 0 saturated heterocycles. The van der Waals surface area contributed by atoms with E-state index in [-0.39, 0.29) is 17.6 Å². The molecule has 2 aromatic heterocycles. The molecular formula is C14H18N4OS. The number of ether oxygens (including phenoxy) is 1. The zero-order chi connectivity index (χ0) is 14.3. The number of pyridine rings is 1. The van der Waals surface area contributed by atoms with Gasteiger partial charge in [-0.25, -0.2) is 0 Å². The summed E-state index contributed by atoms with van der Waals surface area (Å²) in [5.41, 5.74) is 0.858. The van der Waals surface area contributed by atoms with Crippen LogP contribution in [0.15, 0.2) is 24.4 Å². The van der Waals surface area contributed by atoms with E-state index in [4.69, 9.17) is 17.0 Å². The van der Waals surface area contributed by atoms with E-state index >= 15 is 0 Å². The summed E-state index contributed by atoms with van der Waals surface area (Å²) in [6, 6.07) is 6.06. The van der Waals surface area contributed by atoms with Crippen molar-refractivity contribution in [3.63, 3.8) is 0 Å². The lowest BCUT2D eigenvalue weighted by molar-refractivity contribution is -0.112. The Bertz CT molecular complexity index is 661. The number of hydrogen-bond donors (Lipinski definition) is 1. The van der Waals surface area contributed by atoms with Crippen LogP contribution in [-0.2, 0) is 4.74 Å². The van der Waals surface area contributed by atoms with E-state index in [0.29, 0.717) is 4.77 Å². The molecule has 1 aliphatic rings. The second-order valence-electron chi connectivity index (χ2n) is 5.73. The smallest absolute Gasteiger partial charge is 0.195 e. The highest BCUT2D eigenvalue weighted by atomic mass is 32.1. The number of nitrogens with zero attached hydrogens (tertiary/aromatic N) is 3. The first-order valence-corrected chi connectivity index (χ1v) is 7.07. The summed E-state index contributed by atoms with van der Waals surface area (Å²) in [7, 11) is 1.76. The Morgan fingerprint density at radius 2 is 2.25 bits per heavy atom. The number of aromatic nitrogens is 4. The van der Waals surface area contributed by atoms with Gasteiger partial charge in [0, 0.05) is 24.8 Å². The van der Waals surface area contributed by atoms with E-state index in [1.807, 2.05) is 18.2 Å². The highest BCUT2D eigenvalue weighted by Crippen LogP contribution is 2.51. The maximum atomic E-state index is 5.52. The van der Waals surface area contributed by atoms with Gasteiger partial charge in [0.2, 0.25) is 0 Å². The molecule has 20 heavy (non-hydrogen) atoms. The molecule has 2 heterocycles. The molecule has 0 aliphatic heterocycles. The van der Waals surface area contributed by atoms with Crippen LogP contribution in [-0.4, -0.2) is 33.0 Å². The van der Waals surface area contributed by atoms with E-state index in [0.717, 1.165) is 17.9 Å². The molecule has 0 radical (unpaired) electrons. The molecule has 6 heteroatoms. The van der Waals surface area contributed by atoms with Crippen molar-refractivity contribution in [1.82, 2.24) is 19.7 Å². The standard InChI is InChI=1S/C14H18N4OS/c1-14(2)10(8-11(14)19-3)18-12(16-17-13(18)20)9-6-4-5-7-15-9/h4-7,10-11H,8H2,1-3H3,(H,17,20). The third kappa shape index (κ3) is 1.91. The zero-order valence-electron chi connectivity index (χ0n) is 11.8. The fraction of sp³-hybridized carbons (Fsp3) is 0.500. The molecule has 3 rings (SSSR count). The Morgan fingerprint density at radius 1 is 1.45 bits per heavy atom. The maximum absolute atomic E-state index is 5.52. The van der Waals surface area contributed by atoms with Gasteiger partial charge >= 0.3 is 0 Å². The molecule has 106 valence electrons. The topological polar surface area (TPSA) is 55.7 Å². The molecule has 0 aromatic carbocycles. The summed E-state index contributed by atoms with van der Waals surface area (Å²) < 4.78 is 8.24. The van der Waals surface area contributed by atoms with Crippen LogP contribution < -0.4 is 0 Å². The minimum absolute atomic E-state index is 0.0282. The van der Waals surface area contributed by atoms with E-state index in [1.54, 1.807) is 13.3 Å². The van der Waals surface area contributed by atoms with Crippen LogP contribution in [0.3, 0.4) is 0 Å². The van der Waals surface area contributed by atoms with Gasteiger partial charge in [0.25, 0.3) is 0 Å². The molecule has 2 aromatic rings. The number of nitrogens with one attached hydrogen (secondary N) is 1. The molecule has 2 atom stereocenters. The summed E-state index contributed by atoms with van der Waals surface area (Å²) >= 11 is 5.40. The van der Waals surface area contributed by atoms with Gasteiger partial charge in [-0.2, -0.15) is 5.10 Å². The Hall–Kier alpha value is -1.53. The molecule has 1 saturated carbocycles. The SMILES string of the molecule is COC1CC(n2c(-c3ccccn3)n[nH]c2=S)C1(C)C. The van der Waals surface area contributed by atoms with E-state index in [9.17, 15) is 0 Å². The molecule has 1 N–H and O–H groups in total.